The Morgan fingerprint density at radius 3 is 2.38 bits per heavy atom. The van der Waals surface area contributed by atoms with E-state index in [1.807, 2.05) is 55.5 Å². The number of ether oxygens (including phenoxy) is 1. The van der Waals surface area contributed by atoms with Crippen LogP contribution in [0.2, 0.25) is 0 Å². The summed E-state index contributed by atoms with van der Waals surface area (Å²) in [5.41, 5.74) is 1.99. The van der Waals surface area contributed by atoms with Crippen LogP contribution in [-0.4, -0.2) is 51.8 Å². The first-order valence-corrected chi connectivity index (χ1v) is 10.0. The minimum atomic E-state index is -0.486. The van der Waals surface area contributed by atoms with E-state index in [2.05, 4.69) is 21.6 Å². The van der Waals surface area contributed by atoms with E-state index in [4.69, 9.17) is 4.74 Å². The van der Waals surface area contributed by atoms with Crippen molar-refractivity contribution in [2.45, 2.75) is 13.0 Å². The normalized spacial score (nSPS) is 15.4. The molecular weight excluding hydrogens is 368 g/mol. The Bertz CT molecular complexity index is 820. The Labute approximate surface area is 171 Å². The molecule has 154 valence electrons. The summed E-state index contributed by atoms with van der Waals surface area (Å²) < 4.78 is 5.77. The number of nitrogens with one attached hydrogen (secondary N) is 3. The Morgan fingerprint density at radius 1 is 1.07 bits per heavy atom. The standard InChI is InChI=1S/C22H28N4O3/c1-3-29-19-12-8-7-11-18(19)25-13-15-26(16-14-25)20(17-9-5-4-6-10-17)21(27)24-22(28)23-2/h4-12,20H,3,13-16H2,1-2H3,(H2,23,24,27,28)/p+1/t20-/m1/s1. The molecule has 7 heteroatoms. The lowest BCUT2D eigenvalue weighted by molar-refractivity contribution is -0.922. The summed E-state index contributed by atoms with van der Waals surface area (Å²) in [4.78, 5) is 28.0. The molecule has 3 amide bonds. The van der Waals surface area contributed by atoms with Crippen LogP contribution in [0, 0.1) is 0 Å². The lowest BCUT2D eigenvalue weighted by Crippen LogP contribution is -3.16. The van der Waals surface area contributed by atoms with Crippen molar-refractivity contribution in [3.05, 3.63) is 60.2 Å². The molecule has 0 unspecified atom stereocenters. The molecule has 1 atom stereocenters. The van der Waals surface area contributed by atoms with Gasteiger partial charge in [-0.25, -0.2) is 4.79 Å². The number of hydrogen-bond acceptors (Lipinski definition) is 4. The fraction of sp³-hybridized carbons (Fsp3) is 0.364. The summed E-state index contributed by atoms with van der Waals surface area (Å²) in [6.07, 6.45) is 0. The number of para-hydroxylation sites is 2. The van der Waals surface area contributed by atoms with Gasteiger partial charge in [-0.2, -0.15) is 0 Å². The van der Waals surface area contributed by atoms with E-state index in [0.29, 0.717) is 6.61 Å². The molecule has 29 heavy (non-hydrogen) atoms. The van der Waals surface area contributed by atoms with Crippen LogP contribution in [-0.2, 0) is 4.79 Å². The molecule has 0 bridgehead atoms. The molecule has 0 aliphatic carbocycles. The number of amides is 3. The van der Waals surface area contributed by atoms with Gasteiger partial charge in [0.2, 0.25) is 0 Å². The molecule has 0 aromatic heterocycles. The van der Waals surface area contributed by atoms with Crippen LogP contribution in [0.15, 0.2) is 54.6 Å². The second-order valence-corrected chi connectivity index (χ2v) is 6.96. The lowest BCUT2D eigenvalue weighted by atomic mass is 10.0. The second kappa shape index (κ2) is 9.93. The van der Waals surface area contributed by atoms with Crippen LogP contribution in [0.5, 0.6) is 5.75 Å². The number of nitrogens with zero attached hydrogens (tertiary/aromatic N) is 1. The molecule has 1 saturated heterocycles. The minimum absolute atomic E-state index is 0.284. The highest BCUT2D eigenvalue weighted by atomic mass is 16.5. The van der Waals surface area contributed by atoms with E-state index in [1.165, 1.54) is 7.05 Å². The van der Waals surface area contributed by atoms with Crippen LogP contribution in [0.1, 0.15) is 18.5 Å². The highest BCUT2D eigenvalue weighted by Gasteiger charge is 2.35. The molecule has 1 heterocycles. The highest BCUT2D eigenvalue weighted by molar-refractivity contribution is 5.96. The zero-order valence-electron chi connectivity index (χ0n) is 17.0. The number of carbonyl (C=O) groups excluding carboxylic acids is 2. The van der Waals surface area contributed by atoms with E-state index in [9.17, 15) is 9.59 Å². The smallest absolute Gasteiger partial charge is 0.321 e. The summed E-state index contributed by atoms with van der Waals surface area (Å²) in [6.45, 7) is 5.76. The summed E-state index contributed by atoms with van der Waals surface area (Å²) in [7, 11) is 1.50. The fourth-order valence-corrected chi connectivity index (χ4v) is 3.78. The van der Waals surface area contributed by atoms with Gasteiger partial charge in [0.1, 0.15) is 5.75 Å². The molecule has 2 aromatic rings. The van der Waals surface area contributed by atoms with Crippen molar-refractivity contribution in [2.75, 3.05) is 44.7 Å². The molecule has 7 nitrogen and oxygen atoms in total. The molecule has 3 N–H and O–H groups in total. The molecule has 0 spiro atoms. The lowest BCUT2D eigenvalue weighted by Gasteiger charge is -2.37. The summed E-state index contributed by atoms with van der Waals surface area (Å²) >= 11 is 0. The van der Waals surface area contributed by atoms with Crippen molar-refractivity contribution in [3.63, 3.8) is 0 Å². The van der Waals surface area contributed by atoms with Gasteiger partial charge in [-0.15, -0.1) is 0 Å². The van der Waals surface area contributed by atoms with Gasteiger partial charge in [0.25, 0.3) is 5.91 Å². The van der Waals surface area contributed by atoms with Crippen LogP contribution in [0.4, 0.5) is 10.5 Å². The topological polar surface area (TPSA) is 75.1 Å². The molecule has 1 aliphatic heterocycles. The van der Waals surface area contributed by atoms with Crippen molar-refractivity contribution in [1.29, 1.82) is 0 Å². The zero-order valence-corrected chi connectivity index (χ0v) is 17.0. The van der Waals surface area contributed by atoms with Crippen molar-refractivity contribution in [3.8, 4) is 5.75 Å². The molecule has 2 aromatic carbocycles. The largest absolute Gasteiger partial charge is 0.492 e. The predicted octanol–water partition coefficient (Wildman–Crippen LogP) is 0.987. The Kier molecular flexibility index (Phi) is 7.08. The van der Waals surface area contributed by atoms with E-state index >= 15 is 0 Å². The van der Waals surface area contributed by atoms with Crippen LogP contribution >= 0.6 is 0 Å². The van der Waals surface area contributed by atoms with Crippen LogP contribution in [0.3, 0.4) is 0 Å². The minimum Gasteiger partial charge on any atom is -0.492 e. The van der Waals surface area contributed by atoms with Crippen molar-refractivity contribution >= 4 is 17.6 Å². The number of urea groups is 1. The maximum Gasteiger partial charge on any atom is 0.321 e. The molecule has 0 radical (unpaired) electrons. The van der Waals surface area contributed by atoms with Gasteiger partial charge in [0.05, 0.1) is 38.5 Å². The average molecular weight is 397 g/mol. The molecule has 0 saturated carbocycles. The van der Waals surface area contributed by atoms with Crippen molar-refractivity contribution in [2.24, 2.45) is 0 Å². The molecular formula is C22H29N4O3+. The third kappa shape index (κ3) is 5.06. The fourth-order valence-electron chi connectivity index (χ4n) is 3.78. The van der Waals surface area contributed by atoms with Crippen molar-refractivity contribution in [1.82, 2.24) is 10.6 Å². The third-order valence-corrected chi connectivity index (χ3v) is 5.18. The monoisotopic (exact) mass is 397 g/mol. The van der Waals surface area contributed by atoms with E-state index in [0.717, 1.165) is 48.1 Å². The summed E-state index contributed by atoms with van der Waals surface area (Å²) in [5.74, 6) is 0.601. The quantitative estimate of drug-likeness (QED) is 0.680. The highest BCUT2D eigenvalue weighted by Crippen LogP contribution is 2.28. The number of imide groups is 1. The predicted molar refractivity (Wildman–Crippen MR) is 112 cm³/mol. The zero-order chi connectivity index (χ0) is 20.6. The molecule has 1 fully saturated rings. The Hall–Kier alpha value is -3.06. The Balaban J connectivity index is 1.75. The number of carbonyl (C=O) groups is 2. The van der Waals surface area contributed by atoms with Crippen LogP contribution in [0.25, 0.3) is 0 Å². The number of quaternary nitrogens is 1. The van der Waals surface area contributed by atoms with Crippen molar-refractivity contribution < 1.29 is 19.2 Å². The number of piperazine rings is 1. The first-order valence-electron chi connectivity index (χ1n) is 10.0. The number of rotatable bonds is 6. The summed E-state index contributed by atoms with van der Waals surface area (Å²) in [6, 6.07) is 16.8. The van der Waals surface area contributed by atoms with Gasteiger partial charge >= 0.3 is 6.03 Å². The maximum absolute atomic E-state index is 12.9. The van der Waals surface area contributed by atoms with E-state index in [1.54, 1.807) is 0 Å². The average Bonchev–Trinajstić information content (AvgIpc) is 2.76. The number of anilines is 1. The van der Waals surface area contributed by atoms with Gasteiger partial charge in [-0.05, 0) is 19.1 Å². The van der Waals surface area contributed by atoms with Gasteiger partial charge in [0, 0.05) is 12.6 Å². The number of benzene rings is 2. The Morgan fingerprint density at radius 2 is 1.72 bits per heavy atom. The van der Waals surface area contributed by atoms with E-state index < -0.39 is 12.1 Å². The number of hydrogen-bond donors (Lipinski definition) is 3. The molecule has 1 aliphatic rings. The van der Waals surface area contributed by atoms with Gasteiger partial charge in [-0.3, -0.25) is 10.1 Å². The molecule has 3 rings (SSSR count). The summed E-state index contributed by atoms with van der Waals surface area (Å²) in [5, 5.41) is 4.90. The van der Waals surface area contributed by atoms with Crippen LogP contribution < -0.4 is 25.2 Å². The van der Waals surface area contributed by atoms with Gasteiger partial charge in [0.15, 0.2) is 6.04 Å². The van der Waals surface area contributed by atoms with Gasteiger partial charge < -0.3 is 19.9 Å². The van der Waals surface area contributed by atoms with E-state index in [-0.39, 0.29) is 5.91 Å². The second-order valence-electron chi connectivity index (χ2n) is 6.96. The van der Waals surface area contributed by atoms with Gasteiger partial charge in [-0.1, -0.05) is 42.5 Å². The first kappa shape index (κ1) is 20.7. The third-order valence-electron chi connectivity index (χ3n) is 5.18. The maximum atomic E-state index is 12.9. The SMILES string of the molecule is CCOc1ccccc1N1CC[NH+]([C@@H](C(=O)NC(=O)NC)c2ccccc2)CC1. The first-order chi connectivity index (χ1) is 14.1.